The van der Waals surface area contributed by atoms with Crippen LogP contribution in [0.25, 0.3) is 0 Å². The van der Waals surface area contributed by atoms with Gasteiger partial charge < -0.3 is 10.6 Å². The Bertz CT molecular complexity index is 493. The number of nitrogens with one attached hydrogen (secondary N) is 2. The number of guanidine groups is 1. The number of hydrogen-bond donors (Lipinski definition) is 2. The van der Waals surface area contributed by atoms with Gasteiger partial charge in [0.2, 0.25) is 0 Å². The lowest BCUT2D eigenvalue weighted by atomic mass is 9.98. The van der Waals surface area contributed by atoms with Gasteiger partial charge in [-0.05, 0) is 56.5 Å². The number of piperidine rings is 1. The summed E-state index contributed by atoms with van der Waals surface area (Å²) in [4.78, 5) is 8.99. The summed E-state index contributed by atoms with van der Waals surface area (Å²) in [6, 6.07) is 5.04. The standard InChI is InChI=1S/C19H32N4S/c1-2-20-19(22-17-8-3-4-9-17)21-13-16-7-5-11-23(14-16)15-18-10-6-12-24-18/h6,10,12,16-17H,2-5,7-9,11,13-15H2,1H3,(H2,20,21,22). The Morgan fingerprint density at radius 3 is 2.92 bits per heavy atom. The van der Waals surface area contributed by atoms with Crippen molar-refractivity contribution in [1.82, 2.24) is 15.5 Å². The molecule has 1 aromatic rings. The van der Waals surface area contributed by atoms with Gasteiger partial charge in [-0.25, -0.2) is 0 Å². The first-order valence-corrected chi connectivity index (χ1v) is 10.5. The maximum Gasteiger partial charge on any atom is 0.191 e. The summed E-state index contributed by atoms with van der Waals surface area (Å²) in [6.45, 7) is 7.56. The summed E-state index contributed by atoms with van der Waals surface area (Å²) in [5.41, 5.74) is 0. The van der Waals surface area contributed by atoms with Crippen LogP contribution in [0.3, 0.4) is 0 Å². The number of aliphatic imine (C=N–C) groups is 1. The molecule has 0 aromatic carbocycles. The van der Waals surface area contributed by atoms with Crippen LogP contribution >= 0.6 is 11.3 Å². The molecule has 134 valence electrons. The molecule has 2 fully saturated rings. The van der Waals surface area contributed by atoms with Gasteiger partial charge in [0.15, 0.2) is 5.96 Å². The van der Waals surface area contributed by atoms with E-state index in [0.29, 0.717) is 12.0 Å². The van der Waals surface area contributed by atoms with Crippen molar-refractivity contribution in [3.8, 4) is 0 Å². The molecule has 2 aliphatic rings. The van der Waals surface area contributed by atoms with Gasteiger partial charge in [0.05, 0.1) is 0 Å². The van der Waals surface area contributed by atoms with Crippen LogP contribution in [0.2, 0.25) is 0 Å². The van der Waals surface area contributed by atoms with Crippen molar-refractivity contribution >= 4 is 17.3 Å². The molecule has 1 aromatic heterocycles. The van der Waals surface area contributed by atoms with Gasteiger partial charge in [0.1, 0.15) is 0 Å². The van der Waals surface area contributed by atoms with Crippen LogP contribution in [-0.2, 0) is 6.54 Å². The second-order valence-electron chi connectivity index (χ2n) is 7.17. The molecule has 1 atom stereocenters. The Hall–Kier alpha value is -1.07. The van der Waals surface area contributed by atoms with Crippen LogP contribution < -0.4 is 10.6 Å². The topological polar surface area (TPSA) is 39.7 Å². The summed E-state index contributed by atoms with van der Waals surface area (Å²) in [5, 5.41) is 9.23. The van der Waals surface area contributed by atoms with Crippen molar-refractivity contribution in [2.24, 2.45) is 10.9 Å². The molecule has 1 unspecified atom stereocenters. The molecule has 2 heterocycles. The Balaban J connectivity index is 1.48. The lowest BCUT2D eigenvalue weighted by Gasteiger charge is -2.31. The molecule has 3 rings (SSSR count). The number of thiophene rings is 1. The average Bonchev–Trinajstić information content (AvgIpc) is 3.27. The fourth-order valence-electron chi connectivity index (χ4n) is 3.87. The highest BCUT2D eigenvalue weighted by molar-refractivity contribution is 7.09. The Labute approximate surface area is 150 Å². The van der Waals surface area contributed by atoms with Crippen LogP contribution in [0.15, 0.2) is 22.5 Å². The normalized spacial score (nSPS) is 23.5. The molecular weight excluding hydrogens is 316 g/mol. The SMILES string of the molecule is CCNC(=NCC1CCCN(Cc2cccs2)C1)NC1CCCC1. The number of rotatable bonds is 6. The van der Waals surface area contributed by atoms with Crippen LogP contribution in [0.4, 0.5) is 0 Å². The second-order valence-corrected chi connectivity index (χ2v) is 8.20. The summed E-state index contributed by atoms with van der Waals surface area (Å²) in [5.74, 6) is 1.72. The highest BCUT2D eigenvalue weighted by Crippen LogP contribution is 2.21. The van der Waals surface area contributed by atoms with Crippen molar-refractivity contribution in [2.75, 3.05) is 26.2 Å². The molecule has 1 saturated carbocycles. The first kappa shape index (κ1) is 17.7. The van der Waals surface area contributed by atoms with Gasteiger partial charge in [-0.1, -0.05) is 18.9 Å². The summed E-state index contributed by atoms with van der Waals surface area (Å²) in [7, 11) is 0. The van der Waals surface area contributed by atoms with E-state index in [1.807, 2.05) is 11.3 Å². The Morgan fingerprint density at radius 1 is 1.29 bits per heavy atom. The summed E-state index contributed by atoms with van der Waals surface area (Å²) in [6.07, 6.45) is 7.92. The van der Waals surface area contributed by atoms with E-state index in [1.54, 1.807) is 0 Å². The minimum absolute atomic E-state index is 0.629. The van der Waals surface area contributed by atoms with Crippen molar-refractivity contribution < 1.29 is 0 Å². The predicted octanol–water partition coefficient (Wildman–Crippen LogP) is 3.46. The minimum atomic E-state index is 0.629. The monoisotopic (exact) mass is 348 g/mol. The first-order chi connectivity index (χ1) is 11.8. The van der Waals surface area contributed by atoms with Gasteiger partial charge in [0.25, 0.3) is 0 Å². The molecule has 1 saturated heterocycles. The molecule has 5 heteroatoms. The Morgan fingerprint density at radius 2 is 2.17 bits per heavy atom. The van der Waals surface area contributed by atoms with E-state index in [1.165, 1.54) is 56.5 Å². The maximum absolute atomic E-state index is 4.90. The van der Waals surface area contributed by atoms with Gasteiger partial charge >= 0.3 is 0 Å². The van der Waals surface area contributed by atoms with E-state index >= 15 is 0 Å². The predicted molar refractivity (Wildman–Crippen MR) is 104 cm³/mol. The fraction of sp³-hybridized carbons (Fsp3) is 0.737. The third kappa shape index (κ3) is 5.49. The van der Waals surface area contributed by atoms with Crippen LogP contribution in [0.1, 0.15) is 50.3 Å². The van der Waals surface area contributed by atoms with Gasteiger partial charge in [-0.15, -0.1) is 11.3 Å². The van der Waals surface area contributed by atoms with Crippen molar-refractivity contribution in [3.63, 3.8) is 0 Å². The van der Waals surface area contributed by atoms with Crippen molar-refractivity contribution in [2.45, 2.75) is 58.0 Å². The fourth-order valence-corrected chi connectivity index (χ4v) is 4.62. The van der Waals surface area contributed by atoms with Crippen LogP contribution in [-0.4, -0.2) is 43.1 Å². The largest absolute Gasteiger partial charge is 0.357 e. The molecule has 4 nitrogen and oxygen atoms in total. The van der Waals surface area contributed by atoms with Gasteiger partial charge in [-0.2, -0.15) is 0 Å². The zero-order valence-corrected chi connectivity index (χ0v) is 15.8. The molecular formula is C19H32N4S. The zero-order chi connectivity index (χ0) is 16.6. The number of nitrogens with zero attached hydrogens (tertiary/aromatic N) is 2. The third-order valence-corrected chi connectivity index (χ3v) is 5.97. The molecule has 0 amide bonds. The smallest absolute Gasteiger partial charge is 0.191 e. The molecule has 1 aliphatic heterocycles. The summed E-state index contributed by atoms with van der Waals surface area (Å²) < 4.78 is 0. The maximum atomic E-state index is 4.90. The van der Waals surface area contributed by atoms with Crippen molar-refractivity contribution in [1.29, 1.82) is 0 Å². The highest BCUT2D eigenvalue weighted by Gasteiger charge is 2.21. The number of hydrogen-bond acceptors (Lipinski definition) is 3. The number of likely N-dealkylation sites (tertiary alicyclic amines) is 1. The van der Waals surface area contributed by atoms with E-state index in [2.05, 4.69) is 40.0 Å². The van der Waals surface area contributed by atoms with Crippen LogP contribution in [0, 0.1) is 5.92 Å². The molecule has 0 spiro atoms. The van der Waals surface area contributed by atoms with E-state index in [9.17, 15) is 0 Å². The van der Waals surface area contributed by atoms with E-state index in [-0.39, 0.29) is 0 Å². The lowest BCUT2D eigenvalue weighted by molar-refractivity contribution is 0.172. The molecule has 2 N–H and O–H groups in total. The van der Waals surface area contributed by atoms with Gasteiger partial charge in [-0.3, -0.25) is 9.89 Å². The molecule has 0 bridgehead atoms. The second kappa shape index (κ2) is 9.42. The van der Waals surface area contributed by atoms with E-state index in [4.69, 9.17) is 4.99 Å². The third-order valence-electron chi connectivity index (χ3n) is 5.11. The molecule has 1 aliphatic carbocycles. The van der Waals surface area contributed by atoms with Crippen LogP contribution in [0.5, 0.6) is 0 Å². The average molecular weight is 349 g/mol. The van der Waals surface area contributed by atoms with E-state index in [0.717, 1.165) is 25.6 Å². The first-order valence-electron chi connectivity index (χ1n) is 9.63. The van der Waals surface area contributed by atoms with Gasteiger partial charge in [0, 0.05) is 37.1 Å². The molecule has 0 radical (unpaired) electrons. The minimum Gasteiger partial charge on any atom is -0.357 e. The highest BCUT2D eigenvalue weighted by atomic mass is 32.1. The lowest BCUT2D eigenvalue weighted by Crippen LogP contribution is -2.43. The Kier molecular flexibility index (Phi) is 6.97. The van der Waals surface area contributed by atoms with Crippen molar-refractivity contribution in [3.05, 3.63) is 22.4 Å². The summed E-state index contributed by atoms with van der Waals surface area (Å²) >= 11 is 1.87. The van der Waals surface area contributed by atoms with E-state index < -0.39 is 0 Å². The zero-order valence-electron chi connectivity index (χ0n) is 15.0. The molecule has 24 heavy (non-hydrogen) atoms. The quantitative estimate of drug-likeness (QED) is 0.611.